The van der Waals surface area contributed by atoms with Crippen LogP contribution in [0.15, 0.2) is 68.3 Å². The van der Waals surface area contributed by atoms with Crippen LogP contribution in [0.5, 0.6) is 0 Å². The Labute approximate surface area is 196 Å². The molecule has 9 heteroatoms. The van der Waals surface area contributed by atoms with Gasteiger partial charge in [-0.25, -0.2) is 14.4 Å². The fraction of sp³-hybridized carbons (Fsp3) is 0.160. The van der Waals surface area contributed by atoms with Crippen LogP contribution in [0.2, 0.25) is 0 Å². The van der Waals surface area contributed by atoms with E-state index in [4.69, 9.17) is 15.3 Å². The molecular formula is C25H28O9. The zero-order chi connectivity index (χ0) is 26.3. The Kier molecular flexibility index (Phi) is 13.8. The molecule has 0 amide bonds. The smallest absolute Gasteiger partial charge is 0.327 e. The van der Waals surface area contributed by atoms with Crippen molar-refractivity contribution in [2.45, 2.75) is 26.2 Å². The van der Waals surface area contributed by atoms with Gasteiger partial charge in [-0.1, -0.05) is 44.0 Å². The van der Waals surface area contributed by atoms with E-state index in [2.05, 4.69) is 31.9 Å². The summed E-state index contributed by atoms with van der Waals surface area (Å²) >= 11 is 0. The maximum absolute atomic E-state index is 9.62. The van der Waals surface area contributed by atoms with Crippen molar-refractivity contribution < 1.29 is 45.0 Å². The van der Waals surface area contributed by atoms with E-state index in [0.29, 0.717) is 11.1 Å². The van der Waals surface area contributed by atoms with Crippen LogP contribution in [0, 0.1) is 0 Å². The summed E-state index contributed by atoms with van der Waals surface area (Å²) in [6, 6.07) is 10.1. The van der Waals surface area contributed by atoms with Crippen LogP contribution in [0.25, 0.3) is 11.1 Å². The zero-order valence-corrected chi connectivity index (χ0v) is 18.5. The number of benzene rings is 2. The summed E-state index contributed by atoms with van der Waals surface area (Å²) in [5.74, 6) is -2.94. The Bertz CT molecular complexity index is 996. The fourth-order valence-electron chi connectivity index (χ4n) is 2.99. The van der Waals surface area contributed by atoms with Crippen molar-refractivity contribution in [3.63, 3.8) is 0 Å². The Morgan fingerprint density at radius 1 is 0.735 bits per heavy atom. The molecule has 1 aliphatic rings. The third-order valence-corrected chi connectivity index (χ3v) is 4.45. The second-order valence-electron chi connectivity index (χ2n) is 6.45. The first-order chi connectivity index (χ1) is 16.1. The molecule has 0 radical (unpaired) electrons. The molecule has 0 bridgehead atoms. The van der Waals surface area contributed by atoms with Crippen LogP contribution in [-0.4, -0.2) is 48.5 Å². The number of fused-ring (bicyclic) bond motifs is 3. The standard InChI is InChI=1S/C16H16O3.3C3H4O2/c17-7-11-6-13-12-4-2-1-3-10(12)5-14(13)16(9-19)15(11)8-18;3*1-2-3(4)5/h1-4,6,17-19H,5,7-9H2;3*2H,1H2,(H,4,5). The Balaban J connectivity index is 0.000000599. The van der Waals surface area contributed by atoms with Gasteiger partial charge in [-0.3, -0.25) is 0 Å². The van der Waals surface area contributed by atoms with Crippen LogP contribution in [0.1, 0.15) is 27.8 Å². The molecule has 0 spiro atoms. The maximum Gasteiger partial charge on any atom is 0.327 e. The quantitative estimate of drug-likeness (QED) is 0.295. The maximum atomic E-state index is 9.62. The number of carboxylic acids is 3. The molecule has 0 aromatic heterocycles. The third-order valence-electron chi connectivity index (χ3n) is 4.45. The largest absolute Gasteiger partial charge is 0.478 e. The van der Waals surface area contributed by atoms with Crippen molar-refractivity contribution in [3.05, 3.63) is 96.1 Å². The summed E-state index contributed by atoms with van der Waals surface area (Å²) in [6.45, 7) is 8.49. The summed E-state index contributed by atoms with van der Waals surface area (Å²) < 4.78 is 0. The van der Waals surface area contributed by atoms with Gasteiger partial charge in [0, 0.05) is 18.2 Å². The molecule has 0 fully saturated rings. The van der Waals surface area contributed by atoms with Gasteiger partial charge >= 0.3 is 17.9 Å². The summed E-state index contributed by atoms with van der Waals surface area (Å²) in [7, 11) is 0. The second kappa shape index (κ2) is 15.7. The molecule has 3 rings (SSSR count). The average molecular weight is 472 g/mol. The van der Waals surface area contributed by atoms with Gasteiger partial charge in [0.25, 0.3) is 0 Å². The number of carbonyl (C=O) groups is 3. The molecular weight excluding hydrogens is 444 g/mol. The van der Waals surface area contributed by atoms with Gasteiger partial charge in [0.2, 0.25) is 0 Å². The number of carboxylic acid groups (broad SMARTS) is 3. The van der Waals surface area contributed by atoms with Gasteiger partial charge in [0.05, 0.1) is 19.8 Å². The first-order valence-electron chi connectivity index (χ1n) is 9.75. The molecule has 0 saturated heterocycles. The Morgan fingerprint density at radius 3 is 1.56 bits per heavy atom. The molecule has 34 heavy (non-hydrogen) atoms. The number of aliphatic hydroxyl groups excluding tert-OH is 3. The van der Waals surface area contributed by atoms with E-state index in [1.54, 1.807) is 0 Å². The number of rotatable bonds is 6. The lowest BCUT2D eigenvalue weighted by Crippen LogP contribution is -2.05. The minimum absolute atomic E-state index is 0.111. The topological polar surface area (TPSA) is 173 Å². The molecule has 2 aromatic carbocycles. The van der Waals surface area contributed by atoms with Gasteiger partial charge in [-0.15, -0.1) is 0 Å². The van der Waals surface area contributed by atoms with Crippen molar-refractivity contribution >= 4 is 17.9 Å². The van der Waals surface area contributed by atoms with Crippen molar-refractivity contribution in [1.82, 2.24) is 0 Å². The monoisotopic (exact) mass is 472 g/mol. The summed E-state index contributed by atoms with van der Waals surface area (Å²) in [6.07, 6.45) is 3.28. The van der Waals surface area contributed by atoms with E-state index in [-0.39, 0.29) is 19.8 Å². The normalized spacial score (nSPS) is 9.74. The Morgan fingerprint density at radius 2 is 1.18 bits per heavy atom. The van der Waals surface area contributed by atoms with E-state index in [1.807, 2.05) is 18.2 Å². The van der Waals surface area contributed by atoms with Gasteiger partial charge < -0.3 is 30.6 Å². The van der Waals surface area contributed by atoms with Crippen molar-refractivity contribution in [3.8, 4) is 11.1 Å². The molecule has 182 valence electrons. The molecule has 6 N–H and O–H groups in total. The van der Waals surface area contributed by atoms with Crippen LogP contribution in [0.4, 0.5) is 0 Å². The highest BCUT2D eigenvalue weighted by molar-refractivity contribution is 5.80. The van der Waals surface area contributed by atoms with Crippen LogP contribution >= 0.6 is 0 Å². The first-order valence-corrected chi connectivity index (χ1v) is 9.75. The fourth-order valence-corrected chi connectivity index (χ4v) is 2.99. The predicted molar refractivity (Wildman–Crippen MR) is 126 cm³/mol. The Hall–Kier alpha value is -4.05. The van der Waals surface area contributed by atoms with Crippen molar-refractivity contribution in [1.29, 1.82) is 0 Å². The highest BCUT2D eigenvalue weighted by atomic mass is 16.4. The third kappa shape index (κ3) is 9.21. The molecule has 0 unspecified atom stereocenters. The average Bonchev–Trinajstić information content (AvgIpc) is 3.21. The van der Waals surface area contributed by atoms with Crippen LogP contribution in [-0.2, 0) is 40.6 Å². The number of hydrogen-bond acceptors (Lipinski definition) is 6. The number of aliphatic hydroxyl groups is 3. The van der Waals surface area contributed by atoms with E-state index >= 15 is 0 Å². The number of aliphatic carboxylic acids is 3. The molecule has 0 saturated carbocycles. The SMILES string of the molecule is C=CC(=O)O.C=CC(=O)O.C=CC(=O)O.OCc1cc2c(c(CO)c1CO)Cc1ccccc1-2. The van der Waals surface area contributed by atoms with Gasteiger partial charge in [0.1, 0.15) is 0 Å². The van der Waals surface area contributed by atoms with E-state index in [9.17, 15) is 29.7 Å². The molecule has 1 aliphatic carbocycles. The van der Waals surface area contributed by atoms with Gasteiger partial charge in [-0.2, -0.15) is 0 Å². The lowest BCUT2D eigenvalue weighted by atomic mass is 9.92. The lowest BCUT2D eigenvalue weighted by molar-refractivity contribution is -0.132. The minimum atomic E-state index is -0.981. The van der Waals surface area contributed by atoms with E-state index < -0.39 is 17.9 Å². The molecule has 2 aromatic rings. The summed E-state index contributed by atoms with van der Waals surface area (Å²) in [4.78, 5) is 27.8. The van der Waals surface area contributed by atoms with Gasteiger partial charge in [-0.05, 0) is 51.4 Å². The van der Waals surface area contributed by atoms with E-state index in [0.717, 1.165) is 46.9 Å². The summed E-state index contributed by atoms with van der Waals surface area (Å²) in [5, 5.41) is 51.4. The van der Waals surface area contributed by atoms with Crippen molar-refractivity contribution in [2.75, 3.05) is 0 Å². The zero-order valence-electron chi connectivity index (χ0n) is 18.5. The highest BCUT2D eigenvalue weighted by Crippen LogP contribution is 2.40. The van der Waals surface area contributed by atoms with E-state index in [1.165, 1.54) is 5.56 Å². The summed E-state index contributed by atoms with van der Waals surface area (Å²) in [5.41, 5.74) is 6.65. The molecule has 0 aliphatic heterocycles. The molecule has 9 nitrogen and oxygen atoms in total. The van der Waals surface area contributed by atoms with Crippen molar-refractivity contribution in [2.24, 2.45) is 0 Å². The van der Waals surface area contributed by atoms with Gasteiger partial charge in [0.15, 0.2) is 0 Å². The minimum Gasteiger partial charge on any atom is -0.478 e. The molecule has 0 heterocycles. The van der Waals surface area contributed by atoms with Crippen LogP contribution < -0.4 is 0 Å². The second-order valence-corrected chi connectivity index (χ2v) is 6.45. The highest BCUT2D eigenvalue weighted by Gasteiger charge is 2.24. The lowest BCUT2D eigenvalue weighted by Gasteiger charge is -2.15. The van der Waals surface area contributed by atoms with Crippen LogP contribution in [0.3, 0.4) is 0 Å². The number of hydrogen-bond donors (Lipinski definition) is 6. The first kappa shape index (κ1) is 30.0. The molecule has 0 atom stereocenters. The predicted octanol–water partition coefficient (Wildman–Crippen LogP) is 2.51.